The summed E-state index contributed by atoms with van der Waals surface area (Å²) in [7, 11) is 3.19. The number of nitrogens with zero attached hydrogens (tertiary/aromatic N) is 2. The number of rotatable bonds is 8. The summed E-state index contributed by atoms with van der Waals surface area (Å²) >= 11 is 0. The largest absolute Gasteiger partial charge is 0.497 e. The van der Waals surface area contributed by atoms with Crippen molar-refractivity contribution in [2.45, 2.75) is 6.42 Å². The first-order valence-corrected chi connectivity index (χ1v) is 8.56. The molecule has 138 valence electrons. The van der Waals surface area contributed by atoms with E-state index in [9.17, 15) is 9.59 Å². The van der Waals surface area contributed by atoms with E-state index < -0.39 is 0 Å². The zero-order valence-electron chi connectivity index (χ0n) is 15.0. The highest BCUT2D eigenvalue weighted by Gasteiger charge is 2.20. The minimum absolute atomic E-state index is 0.0893. The maximum atomic E-state index is 12.7. The molecule has 7 heteroatoms. The molecule has 0 aromatic heterocycles. The maximum absolute atomic E-state index is 12.7. The van der Waals surface area contributed by atoms with Crippen LogP contribution < -0.4 is 10.1 Å². The minimum atomic E-state index is -0.104. The predicted molar refractivity (Wildman–Crippen MR) is 94.8 cm³/mol. The van der Waals surface area contributed by atoms with Gasteiger partial charge in [-0.15, -0.1) is 0 Å². The average Bonchev–Trinajstić information content (AvgIpc) is 2.68. The molecule has 0 unspecified atom stereocenters. The van der Waals surface area contributed by atoms with Crippen LogP contribution in [0.1, 0.15) is 16.8 Å². The van der Waals surface area contributed by atoms with Crippen LogP contribution in [0.15, 0.2) is 24.3 Å². The molecule has 1 saturated heterocycles. The maximum Gasteiger partial charge on any atom is 0.253 e. The monoisotopic (exact) mass is 349 g/mol. The van der Waals surface area contributed by atoms with Gasteiger partial charge in [0.15, 0.2) is 0 Å². The van der Waals surface area contributed by atoms with Crippen LogP contribution >= 0.6 is 0 Å². The van der Waals surface area contributed by atoms with Crippen molar-refractivity contribution < 1.29 is 19.1 Å². The van der Waals surface area contributed by atoms with Crippen LogP contribution in [0.4, 0.5) is 0 Å². The number of methoxy groups -OCH3 is 2. The Hall–Kier alpha value is -2.12. The van der Waals surface area contributed by atoms with Crippen LogP contribution in [0, 0.1) is 0 Å². The lowest BCUT2D eigenvalue weighted by atomic mass is 10.2. The number of piperazine rings is 1. The summed E-state index contributed by atoms with van der Waals surface area (Å²) in [6.07, 6.45) is 0.325. The molecule has 1 heterocycles. The van der Waals surface area contributed by atoms with Crippen molar-refractivity contribution in [2.24, 2.45) is 0 Å². The summed E-state index contributed by atoms with van der Waals surface area (Å²) in [6.45, 7) is 4.37. The second-order valence-electron chi connectivity index (χ2n) is 5.89. The SMILES string of the molecule is COCCN(CCC(=O)N1CCNCC1)C(=O)c1ccc(OC)cc1. The van der Waals surface area contributed by atoms with Crippen molar-refractivity contribution in [1.29, 1.82) is 0 Å². The molecule has 0 spiro atoms. The summed E-state index contributed by atoms with van der Waals surface area (Å²) in [5, 5.41) is 3.23. The highest BCUT2D eigenvalue weighted by atomic mass is 16.5. The zero-order chi connectivity index (χ0) is 18.1. The fourth-order valence-corrected chi connectivity index (χ4v) is 2.74. The van der Waals surface area contributed by atoms with Gasteiger partial charge in [0.2, 0.25) is 5.91 Å². The second-order valence-corrected chi connectivity index (χ2v) is 5.89. The van der Waals surface area contributed by atoms with Gasteiger partial charge < -0.3 is 24.6 Å². The van der Waals surface area contributed by atoms with Crippen LogP contribution in [0.5, 0.6) is 5.75 Å². The first kappa shape index (κ1) is 19.2. The molecular weight excluding hydrogens is 322 g/mol. The van der Waals surface area contributed by atoms with Crippen molar-refractivity contribution in [3.63, 3.8) is 0 Å². The third kappa shape index (κ3) is 5.72. The Bertz CT molecular complexity index is 556. The Labute approximate surface area is 148 Å². The van der Waals surface area contributed by atoms with Gasteiger partial charge in [-0.05, 0) is 24.3 Å². The topological polar surface area (TPSA) is 71.1 Å². The number of hydrogen-bond acceptors (Lipinski definition) is 5. The Balaban J connectivity index is 1.96. The van der Waals surface area contributed by atoms with Crippen LogP contribution in [0.2, 0.25) is 0 Å². The molecule has 25 heavy (non-hydrogen) atoms. The standard InChI is InChI=1S/C18H27N3O4/c1-24-14-13-21(10-7-17(22)20-11-8-19-9-12-20)18(23)15-3-5-16(25-2)6-4-15/h3-6,19H,7-14H2,1-2H3. The van der Waals surface area contributed by atoms with Crippen molar-refractivity contribution in [1.82, 2.24) is 15.1 Å². The average molecular weight is 349 g/mol. The van der Waals surface area contributed by atoms with Gasteiger partial charge in [0.25, 0.3) is 5.91 Å². The van der Waals surface area contributed by atoms with Crippen LogP contribution in [0.25, 0.3) is 0 Å². The number of amides is 2. The molecule has 0 aliphatic carbocycles. The van der Waals surface area contributed by atoms with Gasteiger partial charge in [-0.25, -0.2) is 0 Å². The van der Waals surface area contributed by atoms with Crippen molar-refractivity contribution >= 4 is 11.8 Å². The molecule has 1 aliphatic heterocycles. The van der Waals surface area contributed by atoms with Gasteiger partial charge in [-0.2, -0.15) is 0 Å². The third-order valence-corrected chi connectivity index (χ3v) is 4.25. The molecule has 0 atom stereocenters. The van der Waals surface area contributed by atoms with E-state index in [0.717, 1.165) is 26.2 Å². The molecule has 1 N–H and O–H groups in total. The van der Waals surface area contributed by atoms with E-state index in [-0.39, 0.29) is 11.8 Å². The third-order valence-electron chi connectivity index (χ3n) is 4.25. The van der Waals surface area contributed by atoms with E-state index in [1.165, 1.54) is 0 Å². The van der Waals surface area contributed by atoms with E-state index in [4.69, 9.17) is 9.47 Å². The fourth-order valence-electron chi connectivity index (χ4n) is 2.74. The summed E-state index contributed by atoms with van der Waals surface area (Å²) in [5.41, 5.74) is 0.575. The molecule has 1 aromatic carbocycles. The summed E-state index contributed by atoms with van der Waals surface area (Å²) in [5.74, 6) is 0.688. The molecule has 0 radical (unpaired) electrons. The zero-order valence-corrected chi connectivity index (χ0v) is 15.0. The van der Waals surface area contributed by atoms with Gasteiger partial charge in [-0.3, -0.25) is 9.59 Å². The van der Waals surface area contributed by atoms with E-state index in [1.54, 1.807) is 43.4 Å². The van der Waals surface area contributed by atoms with Crippen LogP contribution in [-0.4, -0.2) is 81.7 Å². The number of nitrogens with one attached hydrogen (secondary N) is 1. The van der Waals surface area contributed by atoms with Crippen LogP contribution in [0.3, 0.4) is 0 Å². The van der Waals surface area contributed by atoms with Gasteiger partial charge in [-0.1, -0.05) is 0 Å². The normalized spacial score (nSPS) is 14.2. The molecule has 2 amide bonds. The molecule has 0 bridgehead atoms. The quantitative estimate of drug-likeness (QED) is 0.744. The lowest BCUT2D eigenvalue weighted by Gasteiger charge is -2.29. The lowest BCUT2D eigenvalue weighted by Crippen LogP contribution is -2.47. The molecule has 1 aliphatic rings. The molecule has 1 aromatic rings. The van der Waals surface area contributed by atoms with E-state index in [2.05, 4.69) is 5.32 Å². The summed E-state index contributed by atoms with van der Waals surface area (Å²) in [4.78, 5) is 28.6. The smallest absolute Gasteiger partial charge is 0.253 e. The summed E-state index contributed by atoms with van der Waals surface area (Å²) in [6, 6.07) is 6.99. The van der Waals surface area contributed by atoms with Gasteiger partial charge in [0.1, 0.15) is 5.75 Å². The van der Waals surface area contributed by atoms with Crippen molar-refractivity contribution in [3.05, 3.63) is 29.8 Å². The Morgan fingerprint density at radius 1 is 1.12 bits per heavy atom. The minimum Gasteiger partial charge on any atom is -0.497 e. The van der Waals surface area contributed by atoms with Gasteiger partial charge in [0, 0.05) is 58.4 Å². The Morgan fingerprint density at radius 2 is 1.80 bits per heavy atom. The predicted octanol–water partition coefficient (Wildman–Crippen LogP) is 0.606. The number of carbonyl (C=O) groups excluding carboxylic acids is 2. The molecule has 1 fully saturated rings. The molecule has 2 rings (SSSR count). The van der Waals surface area contributed by atoms with E-state index in [0.29, 0.717) is 37.4 Å². The fraction of sp³-hybridized carbons (Fsp3) is 0.556. The van der Waals surface area contributed by atoms with Gasteiger partial charge >= 0.3 is 0 Å². The van der Waals surface area contributed by atoms with Crippen molar-refractivity contribution in [2.75, 3.05) is 60.1 Å². The molecule has 0 saturated carbocycles. The number of carbonyl (C=O) groups is 2. The van der Waals surface area contributed by atoms with Gasteiger partial charge in [0.05, 0.1) is 13.7 Å². The number of hydrogen-bond donors (Lipinski definition) is 1. The lowest BCUT2D eigenvalue weighted by molar-refractivity contribution is -0.132. The van der Waals surface area contributed by atoms with Crippen LogP contribution in [-0.2, 0) is 9.53 Å². The Kier molecular flexibility index (Phi) is 7.69. The first-order chi connectivity index (χ1) is 12.2. The van der Waals surface area contributed by atoms with Crippen molar-refractivity contribution in [3.8, 4) is 5.75 Å². The number of ether oxygens (including phenoxy) is 2. The van der Waals surface area contributed by atoms with E-state index >= 15 is 0 Å². The van der Waals surface area contributed by atoms with E-state index in [1.807, 2.05) is 4.90 Å². The summed E-state index contributed by atoms with van der Waals surface area (Å²) < 4.78 is 10.2. The molecular formula is C18H27N3O4. The second kappa shape index (κ2) is 10.0. The first-order valence-electron chi connectivity index (χ1n) is 8.56. The molecule has 7 nitrogen and oxygen atoms in total. The number of benzene rings is 1. The highest BCUT2D eigenvalue weighted by molar-refractivity contribution is 5.94. The highest BCUT2D eigenvalue weighted by Crippen LogP contribution is 2.13. The Morgan fingerprint density at radius 3 is 2.40 bits per heavy atom.